The molecule has 4 heteroatoms. The Kier molecular flexibility index (Phi) is 4.64. The van der Waals surface area contributed by atoms with Crippen molar-refractivity contribution in [1.29, 1.82) is 0 Å². The Morgan fingerprint density at radius 1 is 0.390 bits per heavy atom. The van der Waals surface area contributed by atoms with Gasteiger partial charge in [0, 0.05) is 43.8 Å². The van der Waals surface area contributed by atoms with Crippen LogP contribution in [0.3, 0.4) is 0 Å². The normalized spacial score (nSPS) is 12.7. The zero-order valence-electron chi connectivity index (χ0n) is 21.9. The van der Waals surface area contributed by atoms with E-state index in [9.17, 15) is 0 Å². The van der Waals surface area contributed by atoms with Crippen molar-refractivity contribution in [3.05, 3.63) is 121 Å². The first-order valence-electron chi connectivity index (χ1n) is 13.7. The zero-order chi connectivity index (χ0) is 26.9. The fraction of sp³-hybridized carbons (Fsp3) is 0.0270. The summed E-state index contributed by atoms with van der Waals surface area (Å²) in [6, 6.07) is 41.6. The van der Waals surface area contributed by atoms with Crippen LogP contribution in [0.5, 0.6) is 11.5 Å². The first kappa shape index (κ1) is 22.3. The largest absolute Gasteiger partial charge is 0.457 e. The van der Waals surface area contributed by atoms with E-state index >= 15 is 0 Å². The van der Waals surface area contributed by atoms with Gasteiger partial charge in [-0.3, -0.25) is 0 Å². The van der Waals surface area contributed by atoms with Crippen LogP contribution in [0.25, 0.3) is 77.3 Å². The number of rotatable bonds is 2. The van der Waals surface area contributed by atoms with E-state index in [0.29, 0.717) is 0 Å². The lowest BCUT2D eigenvalue weighted by Gasteiger charge is -2.12. The molecule has 0 saturated heterocycles. The van der Waals surface area contributed by atoms with E-state index in [1.54, 1.807) is 0 Å². The topological polar surface area (TPSA) is 44.7 Å². The summed E-state index contributed by atoms with van der Waals surface area (Å²) < 4.78 is 24.8. The Morgan fingerprint density at radius 2 is 0.854 bits per heavy atom. The van der Waals surface area contributed by atoms with E-state index in [1.165, 1.54) is 0 Å². The summed E-state index contributed by atoms with van der Waals surface area (Å²) in [6.07, 6.45) is 0. The quantitative estimate of drug-likeness (QED) is 0.223. The van der Waals surface area contributed by atoms with Gasteiger partial charge in [0.2, 0.25) is 6.79 Å². The minimum atomic E-state index is 0.150. The van der Waals surface area contributed by atoms with Crippen LogP contribution < -0.4 is 9.47 Å². The maximum absolute atomic E-state index is 6.35. The number of hydrogen-bond donors (Lipinski definition) is 0. The van der Waals surface area contributed by atoms with Crippen molar-refractivity contribution in [3.63, 3.8) is 0 Å². The molecule has 0 amide bonds. The molecule has 8 aromatic rings. The van der Waals surface area contributed by atoms with Crippen molar-refractivity contribution in [2.45, 2.75) is 0 Å². The second kappa shape index (κ2) is 8.51. The van der Waals surface area contributed by atoms with Crippen molar-refractivity contribution in [1.82, 2.24) is 0 Å². The van der Waals surface area contributed by atoms with Gasteiger partial charge >= 0.3 is 0 Å². The summed E-state index contributed by atoms with van der Waals surface area (Å²) >= 11 is 0. The minimum Gasteiger partial charge on any atom is -0.457 e. The van der Waals surface area contributed by atoms with Gasteiger partial charge in [-0.15, -0.1) is 0 Å². The van der Waals surface area contributed by atoms with Gasteiger partial charge < -0.3 is 18.3 Å². The van der Waals surface area contributed by atoms with Crippen LogP contribution in [0.1, 0.15) is 0 Å². The first-order chi connectivity index (χ1) is 20.3. The number of hydrogen-bond acceptors (Lipinski definition) is 4. The predicted octanol–water partition coefficient (Wildman–Crippen LogP) is 10.2. The molecular weight excluding hydrogens is 508 g/mol. The molecule has 6 aromatic carbocycles. The predicted molar refractivity (Wildman–Crippen MR) is 163 cm³/mol. The molecule has 1 aliphatic heterocycles. The van der Waals surface area contributed by atoms with Crippen LogP contribution in [-0.2, 0) is 0 Å². The molecule has 0 spiro atoms. The van der Waals surface area contributed by atoms with Gasteiger partial charge in [-0.25, -0.2) is 0 Å². The highest BCUT2D eigenvalue weighted by Gasteiger charge is 2.21. The van der Waals surface area contributed by atoms with E-state index in [4.69, 9.17) is 18.3 Å². The molecule has 2 aromatic heterocycles. The zero-order valence-corrected chi connectivity index (χ0v) is 21.9. The van der Waals surface area contributed by atoms with Crippen LogP contribution in [-0.4, -0.2) is 6.79 Å². The summed E-state index contributed by atoms with van der Waals surface area (Å²) in [4.78, 5) is 0. The Labute approximate surface area is 235 Å². The minimum absolute atomic E-state index is 0.150. The smallest absolute Gasteiger partial charge is 0.230 e. The number of ether oxygens (including phenoxy) is 2. The Morgan fingerprint density at radius 3 is 1.37 bits per heavy atom. The van der Waals surface area contributed by atoms with Crippen LogP contribution >= 0.6 is 0 Å². The van der Waals surface area contributed by atoms with Gasteiger partial charge in [0.1, 0.15) is 33.8 Å². The second-order valence-electron chi connectivity index (χ2n) is 10.4. The van der Waals surface area contributed by atoms with Gasteiger partial charge in [-0.2, -0.15) is 0 Å². The molecule has 0 N–H and O–H groups in total. The lowest BCUT2D eigenvalue weighted by molar-refractivity contribution is 0.125. The third kappa shape index (κ3) is 3.34. The summed E-state index contributed by atoms with van der Waals surface area (Å²) in [5.41, 5.74) is 9.66. The van der Waals surface area contributed by atoms with Crippen LogP contribution in [0.2, 0.25) is 0 Å². The highest BCUT2D eigenvalue weighted by atomic mass is 16.7. The monoisotopic (exact) mass is 530 g/mol. The second-order valence-corrected chi connectivity index (χ2v) is 10.4. The molecule has 0 unspecified atom stereocenters. The standard InChI is InChI=1S/C37H22O4/c1-3-13-34-26(7-1)28-11-5-9-24(36(28)40-34)22-15-17-32-30(19-22)31-20-23(16-18-33(31)39-21-38-32)25-10-6-12-29-27-8-2-4-14-35(27)41-37(25)29/h1-20H,21H2. The van der Waals surface area contributed by atoms with Gasteiger partial charge in [0.05, 0.1) is 0 Å². The maximum Gasteiger partial charge on any atom is 0.230 e. The van der Waals surface area contributed by atoms with Crippen molar-refractivity contribution < 1.29 is 18.3 Å². The van der Waals surface area contributed by atoms with E-state index in [0.717, 1.165) is 88.8 Å². The Balaban J connectivity index is 1.24. The fourth-order valence-electron chi connectivity index (χ4n) is 6.17. The lowest BCUT2D eigenvalue weighted by atomic mass is 9.93. The van der Waals surface area contributed by atoms with E-state index < -0.39 is 0 Å². The SMILES string of the molecule is c1ccc2c(c1)oc1c(-c3ccc4c(c3)-c3cc(-c5cccc6c5oc5ccccc56)ccc3OCO4)cccc12. The van der Waals surface area contributed by atoms with Crippen molar-refractivity contribution in [2.24, 2.45) is 0 Å². The lowest BCUT2D eigenvalue weighted by Crippen LogP contribution is -2.03. The van der Waals surface area contributed by atoms with Gasteiger partial charge in [0.25, 0.3) is 0 Å². The van der Waals surface area contributed by atoms with Crippen molar-refractivity contribution >= 4 is 43.9 Å². The summed E-state index contributed by atoms with van der Waals surface area (Å²) in [5, 5.41) is 4.44. The highest BCUT2D eigenvalue weighted by Crippen LogP contribution is 2.45. The third-order valence-electron chi connectivity index (χ3n) is 8.11. The van der Waals surface area contributed by atoms with Gasteiger partial charge in [-0.05, 0) is 47.5 Å². The molecule has 0 saturated carbocycles. The average Bonchev–Trinajstić information content (AvgIpc) is 3.54. The third-order valence-corrected chi connectivity index (χ3v) is 8.11. The molecule has 0 atom stereocenters. The van der Waals surface area contributed by atoms with E-state index in [1.807, 2.05) is 48.5 Å². The molecule has 9 rings (SSSR count). The molecule has 0 fully saturated rings. The van der Waals surface area contributed by atoms with Crippen molar-refractivity contribution in [3.8, 4) is 44.9 Å². The number of fused-ring (bicyclic) bond motifs is 9. The molecule has 0 bridgehead atoms. The van der Waals surface area contributed by atoms with Gasteiger partial charge in [0.15, 0.2) is 0 Å². The van der Waals surface area contributed by atoms with Crippen LogP contribution in [0.4, 0.5) is 0 Å². The fourth-order valence-corrected chi connectivity index (χ4v) is 6.17. The molecule has 194 valence electrons. The van der Waals surface area contributed by atoms with Crippen LogP contribution in [0.15, 0.2) is 130 Å². The van der Waals surface area contributed by atoms with Crippen LogP contribution in [0, 0.1) is 0 Å². The Bertz CT molecular complexity index is 2140. The number of furan rings is 2. The molecular formula is C37H22O4. The molecule has 4 nitrogen and oxygen atoms in total. The summed E-state index contributed by atoms with van der Waals surface area (Å²) in [6.45, 7) is 0.150. The molecule has 3 heterocycles. The summed E-state index contributed by atoms with van der Waals surface area (Å²) in [5.74, 6) is 1.56. The van der Waals surface area contributed by atoms with Gasteiger partial charge in [-0.1, -0.05) is 84.9 Å². The molecule has 1 aliphatic rings. The molecule has 0 aliphatic carbocycles. The molecule has 41 heavy (non-hydrogen) atoms. The van der Waals surface area contributed by atoms with E-state index in [2.05, 4.69) is 72.8 Å². The highest BCUT2D eigenvalue weighted by molar-refractivity contribution is 6.11. The maximum atomic E-state index is 6.35. The average molecular weight is 531 g/mol. The first-order valence-corrected chi connectivity index (χ1v) is 13.7. The number of para-hydroxylation sites is 4. The van der Waals surface area contributed by atoms with Crippen molar-refractivity contribution in [2.75, 3.05) is 6.79 Å². The van der Waals surface area contributed by atoms with E-state index in [-0.39, 0.29) is 6.79 Å². The Hall–Kier alpha value is -5.48. The number of benzene rings is 6. The molecule has 0 radical (unpaired) electrons. The summed E-state index contributed by atoms with van der Waals surface area (Å²) in [7, 11) is 0.